The van der Waals surface area contributed by atoms with Crippen molar-refractivity contribution < 1.29 is 28.4 Å². The molecule has 0 N–H and O–H groups in total. The maximum Gasteiger partial charge on any atom is 0.203 e. The first-order chi connectivity index (χ1) is 24.9. The number of ether oxygens (including phenoxy) is 6. The van der Waals surface area contributed by atoms with Crippen LogP contribution in [-0.4, -0.2) is 71.7 Å². The molecule has 1 aliphatic rings. The smallest absolute Gasteiger partial charge is 0.203 e. The molecule has 9 nitrogen and oxygen atoms in total. The van der Waals surface area contributed by atoms with E-state index >= 15 is 0 Å². The van der Waals surface area contributed by atoms with Gasteiger partial charge >= 0.3 is 0 Å². The number of nitrogens with zero attached hydrogens (tertiary/aromatic N) is 3. The zero-order valence-electron chi connectivity index (χ0n) is 31.3. The normalized spacial score (nSPS) is 13.0. The van der Waals surface area contributed by atoms with E-state index < -0.39 is 0 Å². The lowest BCUT2D eigenvalue weighted by molar-refractivity contribution is 0.201. The SMILES string of the molecule is COc1cc(-c2cccc(CN(c3sccc3C)C3CCN(Cc4ccnc(-c5cc(OC)c(OC)c(OC)c5)c4)CC3)c2)cc(OC)c1OC.Cl.Cl. The Kier molecular flexibility index (Phi) is 14.9. The quantitative estimate of drug-likeness (QED) is 0.110. The van der Waals surface area contributed by atoms with Gasteiger partial charge in [0.1, 0.15) is 0 Å². The second-order valence-corrected chi connectivity index (χ2v) is 13.5. The van der Waals surface area contributed by atoms with Crippen LogP contribution in [0, 0.1) is 6.92 Å². The fraction of sp³-hybridized carbons (Fsp3) is 0.341. The van der Waals surface area contributed by atoms with Crippen LogP contribution < -0.4 is 33.3 Å². The Hall–Kier alpha value is -4.35. The second kappa shape index (κ2) is 19.1. The zero-order valence-corrected chi connectivity index (χ0v) is 33.8. The third-order valence-electron chi connectivity index (χ3n) is 9.56. The summed E-state index contributed by atoms with van der Waals surface area (Å²) in [5.41, 5.74) is 7.71. The fourth-order valence-electron chi connectivity index (χ4n) is 6.93. The number of pyridine rings is 1. The van der Waals surface area contributed by atoms with Gasteiger partial charge in [-0.1, -0.05) is 18.2 Å². The minimum atomic E-state index is 0. The molecule has 6 rings (SSSR count). The van der Waals surface area contributed by atoms with E-state index in [0.717, 1.165) is 61.4 Å². The molecule has 0 spiro atoms. The first kappa shape index (κ1) is 41.4. The number of benzene rings is 3. The maximum absolute atomic E-state index is 5.64. The molecule has 0 atom stereocenters. The van der Waals surface area contributed by atoms with Gasteiger partial charge in [0.2, 0.25) is 11.5 Å². The number of hydrogen-bond acceptors (Lipinski definition) is 10. The van der Waals surface area contributed by atoms with Gasteiger partial charge in [-0.15, -0.1) is 36.2 Å². The highest BCUT2D eigenvalue weighted by Crippen LogP contribution is 2.43. The van der Waals surface area contributed by atoms with Gasteiger partial charge in [-0.3, -0.25) is 9.88 Å². The molecular weight excluding hydrogens is 733 g/mol. The molecule has 1 saturated heterocycles. The van der Waals surface area contributed by atoms with Crippen molar-refractivity contribution in [2.24, 2.45) is 0 Å². The van der Waals surface area contributed by atoms with Crippen molar-refractivity contribution in [1.29, 1.82) is 0 Å². The van der Waals surface area contributed by atoms with Crippen LogP contribution in [0.1, 0.15) is 29.5 Å². The summed E-state index contributed by atoms with van der Waals surface area (Å²) in [6.07, 6.45) is 4.04. The van der Waals surface area contributed by atoms with Crippen molar-refractivity contribution in [2.45, 2.75) is 38.9 Å². The van der Waals surface area contributed by atoms with Gasteiger partial charge in [-0.25, -0.2) is 0 Å². The molecule has 53 heavy (non-hydrogen) atoms. The minimum absolute atomic E-state index is 0. The number of aromatic nitrogens is 1. The summed E-state index contributed by atoms with van der Waals surface area (Å²) >= 11 is 1.83. The number of aryl methyl sites for hydroxylation is 1. The van der Waals surface area contributed by atoms with Gasteiger partial charge in [0.25, 0.3) is 0 Å². The van der Waals surface area contributed by atoms with E-state index in [4.69, 9.17) is 28.4 Å². The van der Waals surface area contributed by atoms with E-state index in [9.17, 15) is 0 Å². The van der Waals surface area contributed by atoms with Gasteiger partial charge < -0.3 is 33.3 Å². The minimum Gasteiger partial charge on any atom is -0.493 e. The predicted molar refractivity (Wildman–Crippen MR) is 219 cm³/mol. The van der Waals surface area contributed by atoms with Crippen LogP contribution in [0.5, 0.6) is 34.5 Å². The highest BCUT2D eigenvalue weighted by molar-refractivity contribution is 7.14. The molecule has 5 aromatic rings. The van der Waals surface area contributed by atoms with Crippen LogP contribution in [0.3, 0.4) is 0 Å². The van der Waals surface area contributed by atoms with Crippen molar-refractivity contribution in [3.63, 3.8) is 0 Å². The number of anilines is 1. The van der Waals surface area contributed by atoms with E-state index in [0.29, 0.717) is 40.5 Å². The summed E-state index contributed by atoms with van der Waals surface area (Å²) in [7, 11) is 9.79. The molecule has 2 aromatic heterocycles. The van der Waals surface area contributed by atoms with Gasteiger partial charge in [-0.05, 0) is 101 Å². The summed E-state index contributed by atoms with van der Waals surface area (Å²) in [5, 5.41) is 3.55. The standard InChI is InChI=1S/C41H47N3O6S.2ClH/c1-27-14-18-51-41(27)44(26-28-9-8-10-30(19-28)31-21-35(45-2)39(49-6)36(22-31)46-3)33-12-16-43(17-13-33)25-29-11-15-42-34(20-29)32-23-37(47-4)40(50-7)38(24-32)48-5;;/h8-11,14-15,18-24,33H,12-13,16-17,25-26H2,1-7H3;2*1H. The second-order valence-electron chi connectivity index (χ2n) is 12.6. The summed E-state index contributed by atoms with van der Waals surface area (Å²) < 4.78 is 33.5. The number of hydrogen-bond donors (Lipinski definition) is 0. The van der Waals surface area contributed by atoms with Crippen molar-refractivity contribution in [3.05, 3.63) is 95.0 Å². The molecule has 1 aliphatic heterocycles. The summed E-state index contributed by atoms with van der Waals surface area (Å²) in [6, 6.07) is 23.6. The zero-order chi connectivity index (χ0) is 35.9. The number of methoxy groups -OCH3 is 6. The molecular formula is C41H49Cl2N3O6S. The summed E-state index contributed by atoms with van der Waals surface area (Å²) in [4.78, 5) is 9.85. The monoisotopic (exact) mass is 781 g/mol. The average molecular weight is 783 g/mol. The molecule has 284 valence electrons. The molecule has 0 bridgehead atoms. The van der Waals surface area contributed by atoms with E-state index in [-0.39, 0.29) is 24.8 Å². The maximum atomic E-state index is 5.64. The van der Waals surface area contributed by atoms with Gasteiger partial charge in [-0.2, -0.15) is 0 Å². The first-order valence-electron chi connectivity index (χ1n) is 17.1. The highest BCUT2D eigenvalue weighted by Gasteiger charge is 2.27. The molecule has 0 unspecified atom stereocenters. The Morgan fingerprint density at radius 3 is 1.79 bits per heavy atom. The summed E-state index contributed by atoms with van der Waals surface area (Å²) in [6.45, 7) is 5.93. The van der Waals surface area contributed by atoms with Crippen LogP contribution in [0.15, 0.2) is 78.3 Å². The third kappa shape index (κ3) is 9.24. The molecule has 0 amide bonds. The molecule has 0 aliphatic carbocycles. The van der Waals surface area contributed by atoms with E-state index in [2.05, 4.69) is 69.6 Å². The van der Waals surface area contributed by atoms with Crippen molar-refractivity contribution in [2.75, 3.05) is 60.6 Å². The summed E-state index contributed by atoms with van der Waals surface area (Å²) in [5.74, 6) is 3.67. The third-order valence-corrected chi connectivity index (χ3v) is 10.6. The van der Waals surface area contributed by atoms with Gasteiger partial charge in [0, 0.05) is 44.0 Å². The number of likely N-dealkylation sites (tertiary alicyclic amines) is 1. The number of thiophene rings is 1. The lowest BCUT2D eigenvalue weighted by Crippen LogP contribution is -2.44. The van der Waals surface area contributed by atoms with Crippen molar-refractivity contribution in [1.82, 2.24) is 9.88 Å². The van der Waals surface area contributed by atoms with Gasteiger partial charge in [0.05, 0.1) is 53.4 Å². The molecule has 3 heterocycles. The molecule has 0 saturated carbocycles. The van der Waals surface area contributed by atoms with E-state index in [1.807, 2.05) is 41.8 Å². The Bertz CT molecular complexity index is 1900. The Morgan fingerprint density at radius 1 is 0.679 bits per heavy atom. The van der Waals surface area contributed by atoms with Crippen LogP contribution in [-0.2, 0) is 13.1 Å². The molecule has 12 heteroatoms. The Balaban J connectivity index is 0.00000314. The van der Waals surface area contributed by atoms with Crippen LogP contribution >= 0.6 is 36.2 Å². The molecule has 0 radical (unpaired) electrons. The predicted octanol–water partition coefficient (Wildman–Crippen LogP) is 9.35. The lowest BCUT2D eigenvalue weighted by Gasteiger charge is -2.39. The van der Waals surface area contributed by atoms with Crippen molar-refractivity contribution >= 4 is 41.2 Å². The first-order valence-corrected chi connectivity index (χ1v) is 17.9. The van der Waals surface area contributed by atoms with Crippen LogP contribution in [0.25, 0.3) is 22.4 Å². The topological polar surface area (TPSA) is 74.8 Å². The van der Waals surface area contributed by atoms with Crippen LogP contribution in [0.4, 0.5) is 5.00 Å². The molecule has 1 fully saturated rings. The van der Waals surface area contributed by atoms with Gasteiger partial charge in [0.15, 0.2) is 23.0 Å². The Labute approximate surface area is 329 Å². The fourth-order valence-corrected chi connectivity index (χ4v) is 7.93. The van der Waals surface area contributed by atoms with Crippen LogP contribution in [0.2, 0.25) is 0 Å². The van der Waals surface area contributed by atoms with E-state index in [1.165, 1.54) is 21.7 Å². The average Bonchev–Trinajstić information content (AvgIpc) is 3.61. The number of piperidine rings is 1. The number of halogens is 2. The highest BCUT2D eigenvalue weighted by atomic mass is 35.5. The van der Waals surface area contributed by atoms with Crippen molar-refractivity contribution in [3.8, 4) is 56.9 Å². The Morgan fingerprint density at radius 2 is 1.26 bits per heavy atom. The number of rotatable bonds is 14. The largest absolute Gasteiger partial charge is 0.493 e. The molecule has 3 aromatic carbocycles. The lowest BCUT2D eigenvalue weighted by atomic mass is 9.99. The van der Waals surface area contributed by atoms with E-state index in [1.54, 1.807) is 42.7 Å².